The Bertz CT molecular complexity index is 1140. The van der Waals surface area contributed by atoms with Gasteiger partial charge in [0.2, 0.25) is 0 Å². The molecule has 4 rings (SSSR count). The molecule has 0 saturated carbocycles. The van der Waals surface area contributed by atoms with Crippen LogP contribution in [-0.2, 0) is 0 Å². The van der Waals surface area contributed by atoms with Crippen molar-refractivity contribution in [2.75, 3.05) is 5.73 Å². The molecule has 0 aliphatic carbocycles. The highest BCUT2D eigenvalue weighted by Gasteiger charge is 2.21. The van der Waals surface area contributed by atoms with Crippen molar-refractivity contribution in [3.8, 4) is 22.4 Å². The summed E-state index contributed by atoms with van der Waals surface area (Å²) in [6, 6.07) is 17.8. The molecule has 4 N–H and O–H groups in total. The van der Waals surface area contributed by atoms with Crippen molar-refractivity contribution >= 4 is 33.1 Å². The Morgan fingerprint density at radius 3 is 2.38 bits per heavy atom. The predicted octanol–water partition coefficient (Wildman–Crippen LogP) is 4.45. The SMILES string of the molecule is NC(=O)c1sc2nc(-c3ccccc3)cc(-c3ccccc3F)c2c1N. The second-order valence-electron chi connectivity index (χ2n) is 5.79. The number of amides is 1. The Hall–Kier alpha value is -3.25. The van der Waals surface area contributed by atoms with Gasteiger partial charge in [-0.1, -0.05) is 48.5 Å². The normalized spacial score (nSPS) is 11.0. The molecule has 2 aromatic carbocycles. The van der Waals surface area contributed by atoms with Crippen LogP contribution in [0.1, 0.15) is 9.67 Å². The van der Waals surface area contributed by atoms with Gasteiger partial charge in [-0.3, -0.25) is 4.79 Å². The first-order valence-corrected chi connectivity index (χ1v) is 8.71. The van der Waals surface area contributed by atoms with Crippen molar-refractivity contribution in [1.82, 2.24) is 4.98 Å². The quantitative estimate of drug-likeness (QED) is 0.564. The average Bonchev–Trinajstić information content (AvgIpc) is 2.99. The van der Waals surface area contributed by atoms with Crippen LogP contribution in [0, 0.1) is 5.82 Å². The van der Waals surface area contributed by atoms with Crippen molar-refractivity contribution in [3.05, 3.63) is 71.4 Å². The number of carbonyl (C=O) groups excluding carboxylic acids is 1. The molecule has 0 fully saturated rings. The molecular weight excluding hydrogens is 349 g/mol. The molecule has 0 saturated heterocycles. The Labute approximate surface area is 152 Å². The van der Waals surface area contributed by atoms with E-state index in [1.807, 2.05) is 30.3 Å². The number of rotatable bonds is 3. The number of fused-ring (bicyclic) bond motifs is 1. The van der Waals surface area contributed by atoms with E-state index in [1.54, 1.807) is 24.3 Å². The molecule has 0 bridgehead atoms. The number of thiophene rings is 1. The number of hydrogen-bond donors (Lipinski definition) is 2. The molecule has 26 heavy (non-hydrogen) atoms. The molecule has 1 amide bonds. The zero-order chi connectivity index (χ0) is 18.3. The maximum absolute atomic E-state index is 14.5. The van der Waals surface area contributed by atoms with Crippen LogP contribution < -0.4 is 11.5 Å². The van der Waals surface area contributed by atoms with Crippen molar-refractivity contribution in [2.45, 2.75) is 0 Å². The topological polar surface area (TPSA) is 82.0 Å². The summed E-state index contributed by atoms with van der Waals surface area (Å²) >= 11 is 1.12. The van der Waals surface area contributed by atoms with Crippen LogP contribution in [0.15, 0.2) is 60.7 Å². The van der Waals surface area contributed by atoms with Crippen LogP contribution in [0.4, 0.5) is 10.1 Å². The third-order valence-electron chi connectivity index (χ3n) is 4.16. The number of nitrogens with two attached hydrogens (primary N) is 2. The molecule has 0 unspecified atom stereocenters. The summed E-state index contributed by atoms with van der Waals surface area (Å²) in [6.45, 7) is 0. The van der Waals surface area contributed by atoms with Gasteiger partial charge in [-0.05, 0) is 17.7 Å². The predicted molar refractivity (Wildman–Crippen MR) is 103 cm³/mol. The lowest BCUT2D eigenvalue weighted by molar-refractivity contribution is 0.100. The zero-order valence-electron chi connectivity index (χ0n) is 13.6. The van der Waals surface area contributed by atoms with E-state index in [2.05, 4.69) is 4.98 Å². The van der Waals surface area contributed by atoms with Gasteiger partial charge in [0.15, 0.2) is 0 Å². The largest absolute Gasteiger partial charge is 0.397 e. The van der Waals surface area contributed by atoms with Gasteiger partial charge in [-0.2, -0.15) is 0 Å². The van der Waals surface area contributed by atoms with E-state index in [-0.39, 0.29) is 16.4 Å². The van der Waals surface area contributed by atoms with Crippen molar-refractivity contribution in [2.24, 2.45) is 5.73 Å². The van der Waals surface area contributed by atoms with E-state index < -0.39 is 5.91 Å². The van der Waals surface area contributed by atoms with Gasteiger partial charge in [-0.25, -0.2) is 9.37 Å². The molecule has 0 radical (unpaired) electrons. The highest BCUT2D eigenvalue weighted by Crippen LogP contribution is 2.41. The number of nitrogens with zero attached hydrogens (tertiary/aromatic N) is 1. The van der Waals surface area contributed by atoms with Crippen LogP contribution in [-0.4, -0.2) is 10.9 Å². The smallest absolute Gasteiger partial charge is 0.260 e. The summed E-state index contributed by atoms with van der Waals surface area (Å²) in [5.74, 6) is -0.989. The van der Waals surface area contributed by atoms with Crippen molar-refractivity contribution in [3.63, 3.8) is 0 Å². The minimum absolute atomic E-state index is 0.232. The van der Waals surface area contributed by atoms with Crippen molar-refractivity contribution in [1.29, 1.82) is 0 Å². The average molecular weight is 363 g/mol. The highest BCUT2D eigenvalue weighted by atomic mass is 32.1. The second-order valence-corrected chi connectivity index (χ2v) is 6.79. The van der Waals surface area contributed by atoms with Crippen molar-refractivity contribution < 1.29 is 9.18 Å². The lowest BCUT2D eigenvalue weighted by Crippen LogP contribution is -2.10. The van der Waals surface area contributed by atoms with E-state index >= 15 is 0 Å². The Kier molecular flexibility index (Phi) is 3.89. The van der Waals surface area contributed by atoms with Crippen LogP contribution >= 0.6 is 11.3 Å². The van der Waals surface area contributed by atoms with E-state index in [4.69, 9.17) is 11.5 Å². The minimum atomic E-state index is -0.619. The summed E-state index contributed by atoms with van der Waals surface area (Å²) in [7, 11) is 0. The van der Waals surface area contributed by atoms with Gasteiger partial charge in [-0.15, -0.1) is 11.3 Å². The third kappa shape index (κ3) is 2.60. The number of nitrogen functional groups attached to an aromatic ring is 1. The number of halogens is 1. The van der Waals surface area contributed by atoms with Gasteiger partial charge in [0.1, 0.15) is 15.5 Å². The summed E-state index contributed by atoms with van der Waals surface area (Å²) in [6.07, 6.45) is 0. The molecule has 0 atom stereocenters. The first-order valence-electron chi connectivity index (χ1n) is 7.89. The fourth-order valence-corrected chi connectivity index (χ4v) is 3.92. The molecular formula is C20H14FN3OS. The first kappa shape index (κ1) is 16.2. The van der Waals surface area contributed by atoms with E-state index in [9.17, 15) is 9.18 Å². The molecule has 0 spiro atoms. The number of hydrogen-bond acceptors (Lipinski definition) is 4. The number of pyridine rings is 1. The van der Waals surface area contributed by atoms with Crippen LogP contribution in [0.3, 0.4) is 0 Å². The van der Waals surface area contributed by atoms with Gasteiger partial charge in [0.05, 0.1) is 11.4 Å². The van der Waals surface area contributed by atoms with E-state index in [0.29, 0.717) is 27.0 Å². The second kappa shape index (κ2) is 6.24. The molecule has 128 valence electrons. The fraction of sp³-hybridized carbons (Fsp3) is 0. The molecule has 6 heteroatoms. The number of benzene rings is 2. The first-order chi connectivity index (χ1) is 12.6. The molecule has 4 aromatic rings. The summed E-state index contributed by atoms with van der Waals surface area (Å²) in [4.78, 5) is 17.1. The molecule has 2 aromatic heterocycles. The zero-order valence-corrected chi connectivity index (χ0v) is 14.4. The Morgan fingerprint density at radius 1 is 1.00 bits per heavy atom. The van der Waals surface area contributed by atoms with Crippen LogP contribution in [0.2, 0.25) is 0 Å². The number of primary amides is 1. The lowest BCUT2D eigenvalue weighted by Gasteiger charge is -2.09. The minimum Gasteiger partial charge on any atom is -0.397 e. The number of carbonyl (C=O) groups is 1. The van der Waals surface area contributed by atoms with Gasteiger partial charge < -0.3 is 11.5 Å². The maximum Gasteiger partial charge on any atom is 0.260 e. The summed E-state index contributed by atoms with van der Waals surface area (Å²) < 4.78 is 14.5. The number of anilines is 1. The Balaban J connectivity index is 2.10. The van der Waals surface area contributed by atoms with Crippen LogP contribution in [0.25, 0.3) is 32.6 Å². The van der Waals surface area contributed by atoms with Gasteiger partial charge in [0.25, 0.3) is 5.91 Å². The van der Waals surface area contributed by atoms with E-state index in [0.717, 1.165) is 16.9 Å². The molecule has 0 aliphatic heterocycles. The third-order valence-corrected chi connectivity index (χ3v) is 5.27. The van der Waals surface area contributed by atoms with Gasteiger partial charge in [0, 0.05) is 16.5 Å². The molecule has 2 heterocycles. The number of aromatic nitrogens is 1. The fourth-order valence-electron chi connectivity index (χ4n) is 2.95. The van der Waals surface area contributed by atoms with Crippen LogP contribution in [0.5, 0.6) is 0 Å². The summed E-state index contributed by atoms with van der Waals surface area (Å²) in [5, 5.41) is 0.550. The lowest BCUT2D eigenvalue weighted by atomic mass is 9.99. The monoisotopic (exact) mass is 363 g/mol. The standard InChI is InChI=1S/C20H14FN3OS/c21-14-9-5-4-8-12(14)13-10-15(11-6-2-1-3-7-11)24-20-16(13)17(22)18(26-20)19(23)25/h1-10H,22H2,(H2,23,25). The van der Waals surface area contributed by atoms with Gasteiger partial charge >= 0.3 is 0 Å². The highest BCUT2D eigenvalue weighted by molar-refractivity contribution is 7.21. The summed E-state index contributed by atoms with van der Waals surface area (Å²) in [5.41, 5.74) is 14.4. The molecule has 0 aliphatic rings. The maximum atomic E-state index is 14.5. The molecule has 4 nitrogen and oxygen atoms in total. The Morgan fingerprint density at radius 2 is 1.69 bits per heavy atom. The van der Waals surface area contributed by atoms with E-state index in [1.165, 1.54) is 6.07 Å².